The predicted molar refractivity (Wildman–Crippen MR) is 52.6 cm³/mol. The molecule has 0 aliphatic carbocycles. The van der Waals surface area contributed by atoms with E-state index in [1.807, 2.05) is 0 Å². The minimum absolute atomic E-state index is 0.333. The van der Waals surface area contributed by atoms with Crippen molar-refractivity contribution in [2.45, 2.75) is 19.7 Å². The highest BCUT2D eigenvalue weighted by atomic mass is 79.9. The van der Waals surface area contributed by atoms with Crippen molar-refractivity contribution in [3.8, 4) is 0 Å². The molecular weight excluding hydrogens is 237 g/mol. The normalized spacial score (nSPS) is 12.9. The fraction of sp³-hybridized carbons (Fsp3) is 0.333. The molecule has 0 aliphatic rings. The Kier molecular flexibility index (Phi) is 3.84. The molecule has 2 N–H and O–H groups in total. The third kappa shape index (κ3) is 2.76. The van der Waals surface area contributed by atoms with Gasteiger partial charge in [0.15, 0.2) is 0 Å². The molecule has 1 aromatic carbocycles. The van der Waals surface area contributed by atoms with E-state index < -0.39 is 6.17 Å². The number of hydrogen-bond acceptors (Lipinski definition) is 2. The molecule has 1 rings (SSSR count). The molecule has 0 radical (unpaired) electrons. The van der Waals surface area contributed by atoms with E-state index in [0.29, 0.717) is 12.2 Å². The Morgan fingerprint density at radius 3 is 2.77 bits per heavy atom. The van der Waals surface area contributed by atoms with Gasteiger partial charge in [-0.25, -0.2) is 10.3 Å². The van der Waals surface area contributed by atoms with Crippen LogP contribution in [-0.4, -0.2) is 0 Å². The van der Waals surface area contributed by atoms with Crippen molar-refractivity contribution in [3.05, 3.63) is 33.8 Å². The highest BCUT2D eigenvalue weighted by molar-refractivity contribution is 9.10. The van der Waals surface area contributed by atoms with Gasteiger partial charge in [-0.15, -0.1) is 0 Å². The lowest BCUT2D eigenvalue weighted by Crippen LogP contribution is -1.99. The molecule has 0 saturated heterocycles. The Morgan fingerprint density at radius 2 is 2.31 bits per heavy atom. The number of nitrogens with two attached hydrogens (primary N) is 1. The van der Waals surface area contributed by atoms with E-state index in [2.05, 4.69) is 20.8 Å². The first kappa shape index (κ1) is 10.6. The van der Waals surface area contributed by atoms with Gasteiger partial charge in [-0.05, 0) is 24.1 Å². The molecule has 72 valence electrons. The highest BCUT2D eigenvalue weighted by Crippen LogP contribution is 2.26. The average Bonchev–Trinajstić information content (AvgIpc) is 2.04. The summed E-state index contributed by atoms with van der Waals surface area (Å²) in [6.45, 7) is 1.83. The molecule has 0 spiro atoms. The van der Waals surface area contributed by atoms with Crippen LogP contribution < -0.4 is 5.90 Å². The zero-order chi connectivity index (χ0) is 9.84. The number of rotatable bonds is 3. The molecule has 0 bridgehead atoms. The largest absolute Gasteiger partial charge is 0.300 e. The second kappa shape index (κ2) is 4.69. The van der Waals surface area contributed by atoms with Gasteiger partial charge in [0, 0.05) is 4.47 Å². The molecular formula is C9H11BrFNO. The summed E-state index contributed by atoms with van der Waals surface area (Å²) in [6, 6.07) is 5.32. The Labute approximate surface area is 85.0 Å². The van der Waals surface area contributed by atoms with Crippen molar-refractivity contribution in [2.24, 2.45) is 5.90 Å². The van der Waals surface area contributed by atoms with Gasteiger partial charge in [-0.3, -0.25) is 4.84 Å². The van der Waals surface area contributed by atoms with Crippen LogP contribution in [0.2, 0.25) is 0 Å². The maximum absolute atomic E-state index is 12.9. The van der Waals surface area contributed by atoms with Crippen molar-refractivity contribution in [3.63, 3.8) is 0 Å². The molecule has 0 saturated carbocycles. The van der Waals surface area contributed by atoms with E-state index in [4.69, 9.17) is 5.90 Å². The second-order valence-corrected chi connectivity index (χ2v) is 3.64. The topological polar surface area (TPSA) is 35.2 Å². The lowest BCUT2D eigenvalue weighted by Gasteiger charge is -2.07. The van der Waals surface area contributed by atoms with E-state index in [9.17, 15) is 4.39 Å². The average molecular weight is 248 g/mol. The summed E-state index contributed by atoms with van der Waals surface area (Å²) in [5.41, 5.74) is 1.56. The minimum Gasteiger partial charge on any atom is -0.300 e. The number of halogens is 2. The number of hydrogen-bond donors (Lipinski definition) is 1. The van der Waals surface area contributed by atoms with Gasteiger partial charge in [0.25, 0.3) is 0 Å². The van der Waals surface area contributed by atoms with Gasteiger partial charge in [-0.2, -0.15) is 0 Å². The molecule has 0 aromatic heterocycles. The van der Waals surface area contributed by atoms with Crippen LogP contribution in [0.4, 0.5) is 4.39 Å². The number of alkyl halides is 1. The van der Waals surface area contributed by atoms with E-state index in [1.54, 1.807) is 18.2 Å². The van der Waals surface area contributed by atoms with Crippen molar-refractivity contribution >= 4 is 15.9 Å². The van der Waals surface area contributed by atoms with Gasteiger partial charge in [0.1, 0.15) is 6.17 Å². The zero-order valence-corrected chi connectivity index (χ0v) is 8.84. The predicted octanol–water partition coefficient (Wildman–Crippen LogP) is 2.87. The summed E-state index contributed by atoms with van der Waals surface area (Å²) in [5, 5.41) is 0. The quantitative estimate of drug-likeness (QED) is 0.834. The summed E-state index contributed by atoms with van der Waals surface area (Å²) in [7, 11) is 0. The molecule has 1 atom stereocenters. The monoisotopic (exact) mass is 247 g/mol. The fourth-order valence-corrected chi connectivity index (χ4v) is 1.82. The third-order valence-corrected chi connectivity index (χ3v) is 2.43. The van der Waals surface area contributed by atoms with Crippen LogP contribution in [0.15, 0.2) is 22.7 Å². The van der Waals surface area contributed by atoms with Gasteiger partial charge >= 0.3 is 0 Å². The fourth-order valence-electron chi connectivity index (χ4n) is 1.08. The maximum Gasteiger partial charge on any atom is 0.123 e. The van der Waals surface area contributed by atoms with Crippen molar-refractivity contribution in [1.29, 1.82) is 0 Å². The molecule has 0 aliphatic heterocycles. The molecule has 13 heavy (non-hydrogen) atoms. The Balaban J connectivity index is 2.92. The van der Waals surface area contributed by atoms with Crippen molar-refractivity contribution in [2.75, 3.05) is 0 Å². The molecule has 2 nitrogen and oxygen atoms in total. The van der Waals surface area contributed by atoms with E-state index in [-0.39, 0.29) is 0 Å². The Morgan fingerprint density at radius 1 is 1.62 bits per heavy atom. The van der Waals surface area contributed by atoms with E-state index >= 15 is 0 Å². The summed E-state index contributed by atoms with van der Waals surface area (Å²) in [4.78, 5) is 4.47. The first-order valence-electron chi connectivity index (χ1n) is 3.89. The van der Waals surface area contributed by atoms with E-state index in [1.165, 1.54) is 6.92 Å². The van der Waals surface area contributed by atoms with Gasteiger partial charge in [0.05, 0.1) is 6.61 Å². The molecule has 1 unspecified atom stereocenters. The summed E-state index contributed by atoms with van der Waals surface area (Å²) in [5.74, 6) is 4.92. The molecule has 4 heteroatoms. The highest BCUT2D eigenvalue weighted by Gasteiger charge is 2.07. The third-order valence-electron chi connectivity index (χ3n) is 1.74. The first-order chi connectivity index (χ1) is 6.15. The minimum atomic E-state index is -0.970. The molecule has 0 amide bonds. The van der Waals surface area contributed by atoms with Crippen LogP contribution in [0.1, 0.15) is 24.2 Å². The Hall–Kier alpha value is -0.450. The van der Waals surface area contributed by atoms with Crippen molar-refractivity contribution < 1.29 is 9.23 Å². The van der Waals surface area contributed by atoms with Gasteiger partial charge < -0.3 is 0 Å². The first-order valence-corrected chi connectivity index (χ1v) is 4.68. The van der Waals surface area contributed by atoms with Gasteiger partial charge in [-0.1, -0.05) is 28.1 Å². The molecule has 1 aromatic rings. The lowest BCUT2D eigenvalue weighted by atomic mass is 10.1. The van der Waals surface area contributed by atoms with E-state index in [0.717, 1.165) is 10.0 Å². The van der Waals surface area contributed by atoms with Crippen LogP contribution in [0.3, 0.4) is 0 Å². The van der Waals surface area contributed by atoms with Crippen LogP contribution >= 0.6 is 15.9 Å². The van der Waals surface area contributed by atoms with Gasteiger partial charge in [0.2, 0.25) is 0 Å². The summed E-state index contributed by atoms with van der Waals surface area (Å²) < 4.78 is 13.7. The SMILES string of the molecule is CC(F)c1ccc(CON)cc1Br. The summed E-state index contributed by atoms with van der Waals surface area (Å²) in [6.07, 6.45) is -0.970. The smallest absolute Gasteiger partial charge is 0.123 e. The van der Waals surface area contributed by atoms with Crippen LogP contribution in [0.25, 0.3) is 0 Å². The molecule has 0 heterocycles. The van der Waals surface area contributed by atoms with Crippen LogP contribution in [0.5, 0.6) is 0 Å². The standard InChI is InChI=1S/C9H11BrFNO/c1-6(11)8-3-2-7(5-13-12)4-9(8)10/h2-4,6H,5,12H2,1H3. The zero-order valence-electron chi connectivity index (χ0n) is 7.26. The van der Waals surface area contributed by atoms with Crippen LogP contribution in [0, 0.1) is 0 Å². The van der Waals surface area contributed by atoms with Crippen LogP contribution in [-0.2, 0) is 11.4 Å². The second-order valence-electron chi connectivity index (χ2n) is 2.78. The lowest BCUT2D eigenvalue weighted by molar-refractivity contribution is 0.124. The van der Waals surface area contributed by atoms with Crippen molar-refractivity contribution in [1.82, 2.24) is 0 Å². The maximum atomic E-state index is 12.9. The summed E-state index contributed by atoms with van der Waals surface area (Å²) >= 11 is 3.28. The molecule has 0 fully saturated rings. The number of benzene rings is 1. The Bertz CT molecular complexity index is 291.